The second-order valence-corrected chi connectivity index (χ2v) is 7.21. The summed E-state index contributed by atoms with van der Waals surface area (Å²) in [6.07, 6.45) is 1.86. The highest BCUT2D eigenvalue weighted by Crippen LogP contribution is 2.34. The van der Waals surface area contributed by atoms with Crippen molar-refractivity contribution < 1.29 is 5.11 Å². The highest BCUT2D eigenvalue weighted by Gasteiger charge is 2.17. The molecule has 0 radical (unpaired) electrons. The number of hydrogen-bond acceptors (Lipinski definition) is 2. The Morgan fingerprint density at radius 1 is 0.875 bits per heavy atom. The molecule has 0 saturated heterocycles. The lowest BCUT2D eigenvalue weighted by Gasteiger charge is -2.20. The fraction of sp³-hybridized carbons (Fsp3) is 0.190. The van der Waals surface area contributed by atoms with E-state index in [1.165, 1.54) is 5.56 Å². The molecule has 2 aromatic carbocycles. The lowest BCUT2D eigenvalue weighted by Crippen LogP contribution is -2.12. The molecule has 0 bridgehead atoms. The zero-order valence-electron chi connectivity index (χ0n) is 14.1. The van der Waals surface area contributed by atoms with Crippen molar-refractivity contribution in [2.75, 3.05) is 0 Å². The quantitative estimate of drug-likeness (QED) is 0.525. The van der Waals surface area contributed by atoms with Crippen LogP contribution >= 0.6 is 0 Å². The number of fused-ring (bicyclic) bond motifs is 3. The number of aromatic nitrogens is 2. The van der Waals surface area contributed by atoms with Crippen LogP contribution < -0.4 is 0 Å². The number of rotatable bonds is 1. The Kier molecular flexibility index (Phi) is 3.14. The summed E-state index contributed by atoms with van der Waals surface area (Å²) in [5.41, 5.74) is 3.35. The molecule has 1 N–H and O–H groups in total. The van der Waals surface area contributed by atoms with Crippen molar-refractivity contribution in [2.24, 2.45) is 0 Å². The first-order valence-corrected chi connectivity index (χ1v) is 8.14. The number of aromatic hydroxyl groups is 1. The number of benzene rings is 2. The van der Waals surface area contributed by atoms with Gasteiger partial charge in [-0.2, -0.15) is 0 Å². The van der Waals surface area contributed by atoms with Gasteiger partial charge in [0.2, 0.25) is 0 Å². The molecule has 0 spiro atoms. The molecule has 120 valence electrons. The molecule has 0 saturated carbocycles. The minimum Gasteiger partial charge on any atom is -0.508 e. The van der Waals surface area contributed by atoms with Gasteiger partial charge in [0.05, 0.1) is 11.0 Å². The maximum atomic E-state index is 9.98. The molecule has 24 heavy (non-hydrogen) atoms. The minimum absolute atomic E-state index is 0.0542. The van der Waals surface area contributed by atoms with Gasteiger partial charge in [-0.25, -0.2) is 4.98 Å². The first-order valence-electron chi connectivity index (χ1n) is 8.14. The van der Waals surface area contributed by atoms with Crippen LogP contribution in [-0.2, 0) is 5.41 Å². The Labute approximate surface area is 141 Å². The molecule has 2 aromatic heterocycles. The number of pyridine rings is 1. The Balaban J connectivity index is 2.10. The molecule has 0 unspecified atom stereocenters. The fourth-order valence-corrected chi connectivity index (χ4v) is 3.21. The summed E-state index contributed by atoms with van der Waals surface area (Å²) in [6, 6.07) is 18.0. The molecule has 0 aliphatic carbocycles. The molecule has 3 nitrogen and oxygen atoms in total. The zero-order valence-corrected chi connectivity index (χ0v) is 14.1. The largest absolute Gasteiger partial charge is 0.508 e. The lowest BCUT2D eigenvalue weighted by molar-refractivity contribution is 0.476. The Morgan fingerprint density at radius 2 is 1.62 bits per heavy atom. The van der Waals surface area contributed by atoms with E-state index < -0.39 is 0 Å². The Hall–Kier alpha value is -2.81. The predicted octanol–water partition coefficient (Wildman–Crippen LogP) is 5.18. The van der Waals surface area contributed by atoms with Crippen molar-refractivity contribution >= 4 is 21.8 Å². The third-order valence-corrected chi connectivity index (χ3v) is 4.50. The van der Waals surface area contributed by atoms with Crippen LogP contribution in [0.5, 0.6) is 5.75 Å². The van der Waals surface area contributed by atoms with Crippen LogP contribution in [0.25, 0.3) is 27.6 Å². The van der Waals surface area contributed by atoms with Crippen LogP contribution in [0.2, 0.25) is 0 Å². The van der Waals surface area contributed by atoms with E-state index in [0.717, 1.165) is 27.6 Å². The van der Waals surface area contributed by atoms with Crippen LogP contribution in [0.4, 0.5) is 0 Å². The second-order valence-electron chi connectivity index (χ2n) is 7.21. The lowest BCUT2D eigenvalue weighted by atomic mass is 9.88. The summed E-state index contributed by atoms with van der Waals surface area (Å²) < 4.78 is 2.12. The van der Waals surface area contributed by atoms with E-state index in [-0.39, 0.29) is 11.2 Å². The van der Waals surface area contributed by atoms with E-state index in [2.05, 4.69) is 54.6 Å². The monoisotopic (exact) mass is 316 g/mol. The summed E-state index contributed by atoms with van der Waals surface area (Å²) in [7, 11) is 0. The van der Waals surface area contributed by atoms with Gasteiger partial charge in [0.1, 0.15) is 11.6 Å². The number of para-hydroxylation sites is 1. The van der Waals surface area contributed by atoms with Crippen molar-refractivity contribution in [3.63, 3.8) is 0 Å². The summed E-state index contributed by atoms with van der Waals surface area (Å²) in [5.74, 6) is 1.14. The van der Waals surface area contributed by atoms with Gasteiger partial charge < -0.3 is 5.11 Å². The molecule has 0 aliphatic rings. The predicted molar refractivity (Wildman–Crippen MR) is 98.9 cm³/mol. The van der Waals surface area contributed by atoms with Crippen LogP contribution in [0.3, 0.4) is 0 Å². The van der Waals surface area contributed by atoms with Gasteiger partial charge in [-0.3, -0.25) is 4.57 Å². The van der Waals surface area contributed by atoms with Gasteiger partial charge >= 0.3 is 0 Å². The van der Waals surface area contributed by atoms with E-state index in [0.29, 0.717) is 0 Å². The molecule has 2 heterocycles. The second kappa shape index (κ2) is 5.10. The molecule has 4 aromatic rings. The van der Waals surface area contributed by atoms with E-state index in [9.17, 15) is 5.11 Å². The number of nitrogens with zero attached hydrogens (tertiary/aromatic N) is 2. The molecular weight excluding hydrogens is 296 g/mol. The average Bonchev–Trinajstić information content (AvgIpc) is 2.87. The maximum absolute atomic E-state index is 9.98. The Bertz CT molecular complexity index is 1050. The first-order chi connectivity index (χ1) is 11.4. The number of hydrogen-bond donors (Lipinski definition) is 1. The van der Waals surface area contributed by atoms with Crippen molar-refractivity contribution in [2.45, 2.75) is 26.2 Å². The molecular formula is C21H20N2O. The van der Waals surface area contributed by atoms with Gasteiger partial charge in [0, 0.05) is 23.0 Å². The summed E-state index contributed by atoms with van der Waals surface area (Å²) in [4.78, 5) is 4.61. The van der Waals surface area contributed by atoms with E-state index >= 15 is 0 Å². The molecule has 3 heteroatoms. The maximum Gasteiger partial charge on any atom is 0.137 e. The highest BCUT2D eigenvalue weighted by molar-refractivity contribution is 6.09. The van der Waals surface area contributed by atoms with Crippen LogP contribution in [0, 0.1) is 0 Å². The molecule has 0 fully saturated rings. The molecule has 4 rings (SSSR count). The summed E-state index contributed by atoms with van der Waals surface area (Å²) in [6.45, 7) is 6.59. The summed E-state index contributed by atoms with van der Waals surface area (Å²) >= 11 is 0. The highest BCUT2D eigenvalue weighted by atomic mass is 16.3. The van der Waals surface area contributed by atoms with Crippen molar-refractivity contribution in [1.29, 1.82) is 0 Å². The van der Waals surface area contributed by atoms with Crippen LogP contribution in [-0.4, -0.2) is 14.7 Å². The van der Waals surface area contributed by atoms with Crippen LogP contribution in [0.1, 0.15) is 26.3 Å². The van der Waals surface area contributed by atoms with Gasteiger partial charge in [-0.05, 0) is 41.3 Å². The first kappa shape index (κ1) is 14.8. The molecule has 0 atom stereocenters. The van der Waals surface area contributed by atoms with Crippen LogP contribution in [0.15, 0.2) is 60.8 Å². The smallest absolute Gasteiger partial charge is 0.137 e. The van der Waals surface area contributed by atoms with Gasteiger partial charge in [0.15, 0.2) is 0 Å². The third-order valence-electron chi connectivity index (χ3n) is 4.50. The van der Waals surface area contributed by atoms with Crippen molar-refractivity contribution in [1.82, 2.24) is 9.55 Å². The molecule has 0 aliphatic heterocycles. The van der Waals surface area contributed by atoms with E-state index in [4.69, 9.17) is 0 Å². The standard InChI is InChI=1S/C21H20N2O/c1-21(2,3)14-10-11-22-20(12-14)23-18-7-5-4-6-16(18)17-9-8-15(24)13-19(17)23/h4-13,24H,1-3H3. The van der Waals surface area contributed by atoms with Gasteiger partial charge in [-0.15, -0.1) is 0 Å². The molecule has 0 amide bonds. The Morgan fingerprint density at radius 3 is 2.42 bits per heavy atom. The minimum atomic E-state index is 0.0542. The van der Waals surface area contributed by atoms with E-state index in [1.54, 1.807) is 12.1 Å². The number of phenolic OH excluding ortho intramolecular Hbond substituents is 1. The van der Waals surface area contributed by atoms with Gasteiger partial charge in [-0.1, -0.05) is 39.0 Å². The van der Waals surface area contributed by atoms with Gasteiger partial charge in [0.25, 0.3) is 0 Å². The normalized spacial score (nSPS) is 12.1. The fourth-order valence-electron chi connectivity index (χ4n) is 3.21. The zero-order chi connectivity index (χ0) is 16.9. The summed E-state index contributed by atoms with van der Waals surface area (Å²) in [5, 5.41) is 12.3. The third kappa shape index (κ3) is 2.24. The van der Waals surface area contributed by atoms with Crippen molar-refractivity contribution in [3.8, 4) is 11.6 Å². The van der Waals surface area contributed by atoms with Crippen molar-refractivity contribution in [3.05, 3.63) is 66.4 Å². The average molecular weight is 316 g/mol. The number of phenols is 1. The SMILES string of the molecule is CC(C)(C)c1ccnc(-n2c3ccccc3c3ccc(O)cc32)c1. The van der Waals surface area contributed by atoms with E-state index in [1.807, 2.05) is 24.4 Å². The topological polar surface area (TPSA) is 38.0 Å².